The normalized spacial score (nSPS) is 10.4. The molecule has 22 heavy (non-hydrogen) atoms. The van der Waals surface area contributed by atoms with Crippen LogP contribution in [0.4, 0.5) is 0 Å². The van der Waals surface area contributed by atoms with Crippen LogP contribution >= 0.6 is 0 Å². The van der Waals surface area contributed by atoms with Crippen molar-refractivity contribution >= 4 is 5.97 Å². The Hall–Kier alpha value is -2.88. The molecule has 0 saturated heterocycles. The van der Waals surface area contributed by atoms with Gasteiger partial charge in [-0.1, -0.05) is 59.8 Å². The van der Waals surface area contributed by atoms with Gasteiger partial charge in [0.05, 0.1) is 6.61 Å². The maximum absolute atomic E-state index is 11.6. The van der Waals surface area contributed by atoms with Crippen LogP contribution in [-0.2, 0) is 4.74 Å². The molecule has 0 saturated carbocycles. The zero-order chi connectivity index (χ0) is 15.4. The Morgan fingerprint density at radius 2 is 1.64 bits per heavy atom. The summed E-state index contributed by atoms with van der Waals surface area (Å²) in [6, 6.07) is 19.7. The molecule has 0 aliphatic carbocycles. The molecule has 4 nitrogen and oxygen atoms in total. The second kappa shape index (κ2) is 6.26. The first kappa shape index (κ1) is 14.1. The van der Waals surface area contributed by atoms with Crippen molar-refractivity contribution in [3.63, 3.8) is 0 Å². The highest BCUT2D eigenvalue weighted by Crippen LogP contribution is 2.24. The Kier molecular flexibility index (Phi) is 4.01. The monoisotopic (exact) mass is 293 g/mol. The number of carbonyl (C=O) groups excluding carboxylic acids is 1. The first-order chi connectivity index (χ1) is 10.8. The summed E-state index contributed by atoms with van der Waals surface area (Å²) >= 11 is 0. The fourth-order valence-corrected chi connectivity index (χ4v) is 2.17. The quantitative estimate of drug-likeness (QED) is 0.677. The van der Waals surface area contributed by atoms with Gasteiger partial charge in [0.1, 0.15) is 5.69 Å². The molecule has 0 amide bonds. The standard InChI is InChI=1S/C18H15NO3/c1-2-21-18(20)17-12-16(19-22-17)15-10-8-14(9-11-15)13-6-4-3-5-7-13/h3-12H,2H2,1H3. The minimum atomic E-state index is -0.498. The Morgan fingerprint density at radius 1 is 1.00 bits per heavy atom. The van der Waals surface area contributed by atoms with Crippen LogP contribution in [0.15, 0.2) is 65.2 Å². The number of hydrogen-bond acceptors (Lipinski definition) is 4. The lowest BCUT2D eigenvalue weighted by Gasteiger charge is -2.02. The van der Waals surface area contributed by atoms with Crippen LogP contribution in [0.5, 0.6) is 0 Å². The predicted octanol–water partition coefficient (Wildman–Crippen LogP) is 4.19. The Labute approximate surface area is 128 Å². The number of nitrogens with zero attached hydrogens (tertiary/aromatic N) is 1. The molecule has 3 rings (SSSR count). The summed E-state index contributed by atoms with van der Waals surface area (Å²) in [6.45, 7) is 2.05. The lowest BCUT2D eigenvalue weighted by atomic mass is 10.0. The fraction of sp³-hybridized carbons (Fsp3) is 0.111. The van der Waals surface area contributed by atoms with Crippen molar-refractivity contribution in [2.45, 2.75) is 6.92 Å². The molecule has 0 unspecified atom stereocenters. The molecule has 0 aliphatic heterocycles. The van der Waals surface area contributed by atoms with E-state index < -0.39 is 5.97 Å². The van der Waals surface area contributed by atoms with Gasteiger partial charge in [0, 0.05) is 11.6 Å². The number of hydrogen-bond donors (Lipinski definition) is 0. The van der Waals surface area contributed by atoms with Crippen LogP contribution in [0, 0.1) is 0 Å². The SMILES string of the molecule is CCOC(=O)c1cc(-c2ccc(-c3ccccc3)cc2)no1. The van der Waals surface area contributed by atoms with E-state index >= 15 is 0 Å². The van der Waals surface area contributed by atoms with Crippen molar-refractivity contribution in [2.24, 2.45) is 0 Å². The third kappa shape index (κ3) is 2.91. The highest BCUT2D eigenvalue weighted by Gasteiger charge is 2.14. The number of rotatable bonds is 4. The van der Waals surface area contributed by atoms with E-state index in [1.165, 1.54) is 0 Å². The Morgan fingerprint density at radius 3 is 2.32 bits per heavy atom. The second-order valence-corrected chi connectivity index (χ2v) is 4.74. The Balaban J connectivity index is 1.83. The van der Waals surface area contributed by atoms with E-state index in [9.17, 15) is 4.79 Å². The molecule has 0 aliphatic rings. The molecule has 2 aromatic carbocycles. The van der Waals surface area contributed by atoms with Gasteiger partial charge in [-0.15, -0.1) is 0 Å². The highest BCUT2D eigenvalue weighted by molar-refractivity contribution is 5.87. The summed E-state index contributed by atoms with van der Waals surface area (Å²) < 4.78 is 9.91. The fourth-order valence-electron chi connectivity index (χ4n) is 2.17. The largest absolute Gasteiger partial charge is 0.460 e. The molecular formula is C18H15NO3. The van der Waals surface area contributed by atoms with E-state index in [0.717, 1.165) is 16.7 Å². The van der Waals surface area contributed by atoms with Gasteiger partial charge in [0.2, 0.25) is 5.76 Å². The van der Waals surface area contributed by atoms with Crippen LogP contribution < -0.4 is 0 Å². The minimum absolute atomic E-state index is 0.115. The maximum atomic E-state index is 11.6. The zero-order valence-corrected chi connectivity index (χ0v) is 12.2. The topological polar surface area (TPSA) is 52.3 Å². The van der Waals surface area contributed by atoms with E-state index in [1.54, 1.807) is 13.0 Å². The van der Waals surface area contributed by atoms with Crippen molar-refractivity contribution in [1.82, 2.24) is 5.16 Å². The van der Waals surface area contributed by atoms with Gasteiger partial charge >= 0.3 is 5.97 Å². The van der Waals surface area contributed by atoms with Crippen LogP contribution in [0.1, 0.15) is 17.5 Å². The van der Waals surface area contributed by atoms with Gasteiger partial charge in [-0.05, 0) is 18.1 Å². The molecule has 4 heteroatoms. The molecule has 3 aromatic rings. The minimum Gasteiger partial charge on any atom is -0.460 e. The van der Waals surface area contributed by atoms with Gasteiger partial charge in [0.15, 0.2) is 0 Å². The van der Waals surface area contributed by atoms with Gasteiger partial charge in [-0.3, -0.25) is 0 Å². The van der Waals surface area contributed by atoms with Gasteiger partial charge < -0.3 is 9.26 Å². The maximum Gasteiger partial charge on any atom is 0.377 e. The molecule has 0 N–H and O–H groups in total. The number of aromatic nitrogens is 1. The first-order valence-electron chi connectivity index (χ1n) is 7.07. The predicted molar refractivity (Wildman–Crippen MR) is 83.3 cm³/mol. The molecule has 110 valence electrons. The van der Waals surface area contributed by atoms with Crippen molar-refractivity contribution < 1.29 is 14.1 Å². The summed E-state index contributed by atoms with van der Waals surface area (Å²) in [4.78, 5) is 11.6. The van der Waals surface area contributed by atoms with E-state index in [-0.39, 0.29) is 5.76 Å². The van der Waals surface area contributed by atoms with Crippen LogP contribution in [0.3, 0.4) is 0 Å². The molecular weight excluding hydrogens is 278 g/mol. The number of ether oxygens (including phenoxy) is 1. The third-order valence-corrected chi connectivity index (χ3v) is 3.27. The second-order valence-electron chi connectivity index (χ2n) is 4.74. The van der Waals surface area contributed by atoms with Gasteiger partial charge in [-0.25, -0.2) is 4.79 Å². The first-order valence-corrected chi connectivity index (χ1v) is 7.07. The zero-order valence-electron chi connectivity index (χ0n) is 12.2. The Bertz CT molecular complexity index is 761. The molecule has 1 heterocycles. The van der Waals surface area contributed by atoms with Crippen molar-refractivity contribution in [3.05, 3.63) is 66.4 Å². The average Bonchev–Trinajstić information content (AvgIpc) is 3.06. The summed E-state index contributed by atoms with van der Waals surface area (Å²) in [7, 11) is 0. The third-order valence-electron chi connectivity index (χ3n) is 3.27. The lowest BCUT2D eigenvalue weighted by Crippen LogP contribution is -2.02. The number of carbonyl (C=O) groups is 1. The van der Waals surface area contributed by atoms with Crippen LogP contribution in [0.2, 0.25) is 0 Å². The summed E-state index contributed by atoms with van der Waals surface area (Å²) in [6.07, 6.45) is 0. The number of benzene rings is 2. The van der Waals surface area contributed by atoms with E-state index in [0.29, 0.717) is 12.3 Å². The van der Waals surface area contributed by atoms with E-state index in [1.807, 2.05) is 42.5 Å². The van der Waals surface area contributed by atoms with Gasteiger partial charge in [-0.2, -0.15) is 0 Å². The summed E-state index contributed by atoms with van der Waals surface area (Å²) in [5.41, 5.74) is 3.78. The van der Waals surface area contributed by atoms with Crippen molar-refractivity contribution in [3.8, 4) is 22.4 Å². The molecule has 0 radical (unpaired) electrons. The summed E-state index contributed by atoms with van der Waals surface area (Å²) in [5, 5.41) is 3.92. The molecule has 0 bridgehead atoms. The van der Waals surface area contributed by atoms with Crippen LogP contribution in [-0.4, -0.2) is 17.7 Å². The molecule has 1 aromatic heterocycles. The highest BCUT2D eigenvalue weighted by atomic mass is 16.6. The van der Waals surface area contributed by atoms with E-state index in [4.69, 9.17) is 9.26 Å². The smallest absolute Gasteiger partial charge is 0.377 e. The molecule has 0 spiro atoms. The lowest BCUT2D eigenvalue weighted by molar-refractivity contribution is 0.0480. The van der Waals surface area contributed by atoms with Crippen molar-refractivity contribution in [2.75, 3.05) is 6.61 Å². The van der Waals surface area contributed by atoms with E-state index in [2.05, 4.69) is 17.3 Å². The van der Waals surface area contributed by atoms with Gasteiger partial charge in [0.25, 0.3) is 0 Å². The molecule has 0 fully saturated rings. The number of esters is 1. The summed E-state index contributed by atoms with van der Waals surface area (Å²) in [5.74, 6) is -0.383. The van der Waals surface area contributed by atoms with Crippen LogP contribution in [0.25, 0.3) is 22.4 Å². The molecule has 0 atom stereocenters. The van der Waals surface area contributed by atoms with Crippen molar-refractivity contribution in [1.29, 1.82) is 0 Å². The average molecular weight is 293 g/mol.